The van der Waals surface area contributed by atoms with Gasteiger partial charge in [-0.2, -0.15) is 0 Å². The molecule has 0 aliphatic carbocycles. The first-order chi connectivity index (χ1) is 10.9. The van der Waals surface area contributed by atoms with Crippen molar-refractivity contribution in [3.05, 3.63) is 47.4 Å². The van der Waals surface area contributed by atoms with E-state index in [1.165, 1.54) is 12.0 Å². The van der Waals surface area contributed by atoms with Gasteiger partial charge >= 0.3 is 6.03 Å². The van der Waals surface area contributed by atoms with Crippen LogP contribution in [0.25, 0.3) is 0 Å². The number of carbonyl (C=O) groups excluding carboxylic acids is 1. The molecule has 6 heteroatoms. The third-order valence-corrected chi connectivity index (χ3v) is 3.54. The van der Waals surface area contributed by atoms with E-state index in [1.807, 2.05) is 32.0 Å². The lowest BCUT2D eigenvalue weighted by Crippen LogP contribution is -2.38. The fourth-order valence-corrected chi connectivity index (χ4v) is 2.23. The molecule has 0 aliphatic heterocycles. The molecule has 1 aromatic carbocycles. The van der Waals surface area contributed by atoms with Crippen LogP contribution in [0.2, 0.25) is 0 Å². The topological polar surface area (TPSA) is 74.9 Å². The molecular weight excluding hydrogens is 296 g/mol. The van der Waals surface area contributed by atoms with E-state index in [0.717, 1.165) is 11.3 Å². The molecule has 2 rings (SSSR count). The van der Waals surface area contributed by atoms with Crippen LogP contribution >= 0.6 is 0 Å². The summed E-state index contributed by atoms with van der Waals surface area (Å²) in [7, 11) is 3.18. The number of methoxy groups -OCH3 is 1. The van der Waals surface area contributed by atoms with Gasteiger partial charge in [-0.25, -0.2) is 4.79 Å². The van der Waals surface area contributed by atoms with Crippen LogP contribution in [0.1, 0.15) is 30.0 Å². The molecule has 0 bridgehead atoms. The highest BCUT2D eigenvalue weighted by atomic mass is 16.5. The van der Waals surface area contributed by atoms with E-state index in [-0.39, 0.29) is 17.8 Å². The fourth-order valence-electron chi connectivity index (χ4n) is 2.23. The Bertz CT molecular complexity index is 681. The van der Waals surface area contributed by atoms with E-state index in [0.29, 0.717) is 18.1 Å². The summed E-state index contributed by atoms with van der Waals surface area (Å²) in [6, 6.07) is 8.34. The molecule has 6 nitrogen and oxygen atoms in total. The Balaban J connectivity index is 1.95. The van der Waals surface area contributed by atoms with Crippen LogP contribution < -0.4 is 10.1 Å². The van der Waals surface area contributed by atoms with Crippen LogP contribution in [0.5, 0.6) is 11.5 Å². The second kappa shape index (κ2) is 7.09. The molecule has 1 atom stereocenters. The summed E-state index contributed by atoms with van der Waals surface area (Å²) < 4.78 is 10.5. The molecule has 0 radical (unpaired) electrons. The molecule has 1 unspecified atom stereocenters. The molecule has 0 spiro atoms. The molecule has 2 aromatic rings. The lowest BCUT2D eigenvalue weighted by atomic mass is 10.2. The molecule has 124 valence electrons. The van der Waals surface area contributed by atoms with Crippen molar-refractivity contribution in [1.29, 1.82) is 0 Å². The van der Waals surface area contributed by atoms with Gasteiger partial charge in [-0.3, -0.25) is 0 Å². The number of benzene rings is 1. The normalized spacial score (nSPS) is 11.8. The molecule has 1 aromatic heterocycles. The van der Waals surface area contributed by atoms with Gasteiger partial charge < -0.3 is 24.5 Å². The first kappa shape index (κ1) is 16.7. The molecule has 1 heterocycles. The molecule has 2 amide bonds. The molecule has 0 fully saturated rings. The second-order valence-corrected chi connectivity index (χ2v) is 5.48. The largest absolute Gasteiger partial charge is 0.504 e. The number of rotatable bonds is 5. The van der Waals surface area contributed by atoms with Gasteiger partial charge in [0.2, 0.25) is 0 Å². The van der Waals surface area contributed by atoms with E-state index >= 15 is 0 Å². The van der Waals surface area contributed by atoms with Crippen molar-refractivity contribution in [3.63, 3.8) is 0 Å². The van der Waals surface area contributed by atoms with Crippen LogP contribution in [0, 0.1) is 6.92 Å². The Kier molecular flexibility index (Phi) is 5.16. The Morgan fingerprint density at radius 3 is 2.70 bits per heavy atom. The minimum Gasteiger partial charge on any atom is -0.504 e. The van der Waals surface area contributed by atoms with Gasteiger partial charge in [0.1, 0.15) is 11.5 Å². The number of nitrogens with one attached hydrogen (secondary N) is 1. The number of urea groups is 1. The number of aryl methyl sites for hydroxylation is 1. The van der Waals surface area contributed by atoms with Crippen molar-refractivity contribution in [3.8, 4) is 11.5 Å². The summed E-state index contributed by atoms with van der Waals surface area (Å²) in [6.07, 6.45) is 0. The third-order valence-electron chi connectivity index (χ3n) is 3.54. The minimum atomic E-state index is -0.220. The lowest BCUT2D eigenvalue weighted by Gasteiger charge is -2.21. The average molecular weight is 318 g/mol. The van der Waals surface area contributed by atoms with Gasteiger partial charge in [-0.05, 0) is 43.7 Å². The van der Waals surface area contributed by atoms with Crippen molar-refractivity contribution < 1.29 is 19.1 Å². The van der Waals surface area contributed by atoms with E-state index in [4.69, 9.17) is 9.15 Å². The predicted octanol–water partition coefficient (Wildman–Crippen LogP) is 3.20. The number of ether oxygens (including phenoxy) is 1. The number of amides is 2. The monoisotopic (exact) mass is 318 g/mol. The van der Waals surface area contributed by atoms with Gasteiger partial charge in [-0.1, -0.05) is 6.07 Å². The zero-order chi connectivity index (χ0) is 17.0. The zero-order valence-electron chi connectivity index (χ0n) is 13.8. The van der Waals surface area contributed by atoms with E-state index in [1.54, 1.807) is 19.2 Å². The Labute approximate surface area is 135 Å². The van der Waals surface area contributed by atoms with Crippen LogP contribution in [-0.2, 0) is 6.54 Å². The van der Waals surface area contributed by atoms with Gasteiger partial charge in [0.05, 0.1) is 13.2 Å². The summed E-state index contributed by atoms with van der Waals surface area (Å²) in [5.74, 6) is 1.98. The molecule has 0 saturated carbocycles. The summed E-state index contributed by atoms with van der Waals surface area (Å²) in [6.45, 7) is 4.09. The number of nitrogens with zero attached hydrogens (tertiary/aromatic N) is 1. The number of furan rings is 1. The number of carbonyl (C=O) groups is 1. The maximum absolute atomic E-state index is 12.2. The van der Waals surface area contributed by atoms with Gasteiger partial charge in [0.15, 0.2) is 11.5 Å². The summed E-state index contributed by atoms with van der Waals surface area (Å²) >= 11 is 0. The molecule has 23 heavy (non-hydrogen) atoms. The number of phenols is 1. The summed E-state index contributed by atoms with van der Waals surface area (Å²) in [5, 5.41) is 12.7. The van der Waals surface area contributed by atoms with Crippen LogP contribution in [0.15, 0.2) is 34.7 Å². The van der Waals surface area contributed by atoms with Gasteiger partial charge in [0.25, 0.3) is 0 Å². The quantitative estimate of drug-likeness (QED) is 0.887. The van der Waals surface area contributed by atoms with Gasteiger partial charge in [-0.15, -0.1) is 0 Å². The van der Waals surface area contributed by atoms with Crippen LogP contribution in [0.3, 0.4) is 0 Å². The number of hydrogen-bond acceptors (Lipinski definition) is 4. The smallest absolute Gasteiger partial charge is 0.318 e. The highest BCUT2D eigenvalue weighted by molar-refractivity contribution is 5.74. The molecular formula is C17H22N2O4. The predicted molar refractivity (Wildman–Crippen MR) is 86.5 cm³/mol. The van der Waals surface area contributed by atoms with Gasteiger partial charge in [0, 0.05) is 13.6 Å². The van der Waals surface area contributed by atoms with E-state index in [2.05, 4.69) is 5.32 Å². The Hall–Kier alpha value is -2.63. The number of phenolic OH excluding ortho intramolecular Hbond substituents is 1. The van der Waals surface area contributed by atoms with Crippen molar-refractivity contribution in [2.24, 2.45) is 0 Å². The maximum Gasteiger partial charge on any atom is 0.318 e. The van der Waals surface area contributed by atoms with Crippen molar-refractivity contribution in [2.45, 2.75) is 26.4 Å². The standard InChI is InChI=1S/C17H22N2O4/c1-11-5-7-15(23-11)12(2)18-17(21)19(3)10-13-6-8-16(22-4)14(20)9-13/h5-9,12,20H,10H2,1-4H3,(H,18,21). The summed E-state index contributed by atoms with van der Waals surface area (Å²) in [5.41, 5.74) is 0.808. The second-order valence-electron chi connectivity index (χ2n) is 5.48. The number of hydrogen-bond donors (Lipinski definition) is 2. The third kappa shape index (κ3) is 4.18. The fraction of sp³-hybridized carbons (Fsp3) is 0.353. The SMILES string of the molecule is COc1ccc(CN(C)C(=O)NC(C)c2ccc(C)o2)cc1O. The Morgan fingerprint density at radius 2 is 2.13 bits per heavy atom. The minimum absolute atomic E-state index is 0.0539. The van der Waals surface area contributed by atoms with Crippen molar-refractivity contribution >= 4 is 6.03 Å². The van der Waals surface area contributed by atoms with Crippen molar-refractivity contribution in [2.75, 3.05) is 14.2 Å². The van der Waals surface area contributed by atoms with E-state index < -0.39 is 0 Å². The average Bonchev–Trinajstić information content (AvgIpc) is 2.94. The zero-order valence-corrected chi connectivity index (χ0v) is 13.8. The Morgan fingerprint density at radius 1 is 1.39 bits per heavy atom. The molecule has 0 saturated heterocycles. The van der Waals surface area contributed by atoms with Crippen molar-refractivity contribution in [1.82, 2.24) is 10.2 Å². The lowest BCUT2D eigenvalue weighted by molar-refractivity contribution is 0.201. The molecule has 0 aliphatic rings. The highest BCUT2D eigenvalue weighted by Crippen LogP contribution is 2.26. The maximum atomic E-state index is 12.2. The first-order valence-corrected chi connectivity index (χ1v) is 7.34. The first-order valence-electron chi connectivity index (χ1n) is 7.34. The van der Waals surface area contributed by atoms with Crippen LogP contribution in [0.4, 0.5) is 4.79 Å². The highest BCUT2D eigenvalue weighted by Gasteiger charge is 2.16. The molecule has 2 N–H and O–H groups in total. The van der Waals surface area contributed by atoms with E-state index in [9.17, 15) is 9.90 Å². The summed E-state index contributed by atoms with van der Waals surface area (Å²) in [4.78, 5) is 13.8. The number of aromatic hydroxyl groups is 1. The van der Waals surface area contributed by atoms with Crippen LogP contribution in [-0.4, -0.2) is 30.2 Å².